The van der Waals surface area contributed by atoms with E-state index in [-0.39, 0.29) is 11.7 Å². The number of nitrogens with zero attached hydrogens (tertiary/aromatic N) is 1. The molecule has 2 amide bonds. The van der Waals surface area contributed by atoms with Gasteiger partial charge >= 0.3 is 0 Å². The zero-order valence-corrected chi connectivity index (χ0v) is 9.23. The van der Waals surface area contributed by atoms with Gasteiger partial charge in [-0.1, -0.05) is 12.1 Å². The van der Waals surface area contributed by atoms with Crippen LogP contribution >= 0.6 is 0 Å². The lowest BCUT2D eigenvalue weighted by Crippen LogP contribution is -2.41. The molecule has 1 aliphatic rings. The topological polar surface area (TPSA) is 63.4 Å². The van der Waals surface area contributed by atoms with Crippen molar-refractivity contribution in [1.82, 2.24) is 4.90 Å². The van der Waals surface area contributed by atoms with Crippen molar-refractivity contribution in [3.05, 3.63) is 35.6 Å². The summed E-state index contributed by atoms with van der Waals surface area (Å²) in [6, 6.07) is 5.31. The number of nitrogens with two attached hydrogens (primary N) is 1. The molecular weight excluding hydrogens is 223 g/mol. The third kappa shape index (κ3) is 2.43. The number of amides is 2. The number of rotatable bonds is 3. The largest absolute Gasteiger partial charge is 0.368 e. The van der Waals surface area contributed by atoms with Crippen LogP contribution in [-0.2, 0) is 16.1 Å². The van der Waals surface area contributed by atoms with E-state index in [1.165, 1.54) is 17.0 Å². The molecule has 4 nitrogen and oxygen atoms in total. The van der Waals surface area contributed by atoms with Crippen LogP contribution in [0.15, 0.2) is 24.3 Å². The number of likely N-dealkylation sites (tertiary alicyclic amines) is 1. The van der Waals surface area contributed by atoms with Gasteiger partial charge in [0, 0.05) is 13.0 Å². The Morgan fingerprint density at radius 3 is 2.65 bits per heavy atom. The van der Waals surface area contributed by atoms with E-state index < -0.39 is 11.9 Å². The number of halogens is 1. The van der Waals surface area contributed by atoms with Gasteiger partial charge < -0.3 is 10.6 Å². The lowest BCUT2D eigenvalue weighted by atomic mass is 10.1. The number of benzene rings is 1. The maximum absolute atomic E-state index is 12.7. The minimum Gasteiger partial charge on any atom is -0.368 e. The second-order valence-corrected chi connectivity index (χ2v) is 4.10. The number of carbonyl (C=O) groups excluding carboxylic acids is 2. The summed E-state index contributed by atoms with van der Waals surface area (Å²) in [6.45, 7) is 0.298. The first-order valence-corrected chi connectivity index (χ1v) is 5.41. The van der Waals surface area contributed by atoms with Crippen LogP contribution in [0.25, 0.3) is 0 Å². The third-order valence-corrected chi connectivity index (χ3v) is 2.92. The molecule has 5 heteroatoms. The molecule has 1 unspecified atom stereocenters. The van der Waals surface area contributed by atoms with Crippen molar-refractivity contribution < 1.29 is 14.0 Å². The van der Waals surface area contributed by atoms with Crippen molar-refractivity contribution in [3.63, 3.8) is 0 Å². The van der Waals surface area contributed by atoms with E-state index in [0.717, 1.165) is 5.56 Å². The highest BCUT2D eigenvalue weighted by Crippen LogP contribution is 2.21. The van der Waals surface area contributed by atoms with Crippen LogP contribution in [0.1, 0.15) is 18.4 Å². The maximum Gasteiger partial charge on any atom is 0.240 e. The summed E-state index contributed by atoms with van der Waals surface area (Å²) >= 11 is 0. The Labute approximate surface area is 98.2 Å². The zero-order chi connectivity index (χ0) is 12.4. The molecule has 0 spiro atoms. The number of hydrogen-bond acceptors (Lipinski definition) is 2. The predicted octanol–water partition coefficient (Wildman–Crippen LogP) is 0.802. The third-order valence-electron chi connectivity index (χ3n) is 2.92. The van der Waals surface area contributed by atoms with E-state index in [2.05, 4.69) is 0 Å². The van der Waals surface area contributed by atoms with Crippen molar-refractivity contribution in [2.45, 2.75) is 25.4 Å². The summed E-state index contributed by atoms with van der Waals surface area (Å²) in [5.74, 6) is -0.899. The summed E-state index contributed by atoms with van der Waals surface area (Å²) in [5.41, 5.74) is 6.02. The maximum atomic E-state index is 12.7. The zero-order valence-electron chi connectivity index (χ0n) is 9.23. The van der Waals surface area contributed by atoms with Gasteiger partial charge in [-0.05, 0) is 24.1 Å². The second kappa shape index (κ2) is 4.53. The Morgan fingerprint density at radius 1 is 1.41 bits per heavy atom. The highest BCUT2D eigenvalue weighted by Gasteiger charge is 2.34. The Bertz CT molecular complexity index is 444. The molecule has 1 aromatic carbocycles. The standard InChI is InChI=1S/C12H13FN2O2/c13-9-3-1-8(2-4-9)7-15-10(12(14)17)5-6-11(15)16/h1-4,10H,5-7H2,(H2,14,17). The quantitative estimate of drug-likeness (QED) is 0.843. The molecule has 1 heterocycles. The fourth-order valence-corrected chi connectivity index (χ4v) is 2.01. The van der Waals surface area contributed by atoms with Crippen molar-refractivity contribution in [3.8, 4) is 0 Å². The van der Waals surface area contributed by atoms with Gasteiger partial charge in [0.2, 0.25) is 11.8 Å². The van der Waals surface area contributed by atoms with Gasteiger partial charge in [0.25, 0.3) is 0 Å². The van der Waals surface area contributed by atoms with Crippen molar-refractivity contribution >= 4 is 11.8 Å². The van der Waals surface area contributed by atoms with Crippen LogP contribution in [0.5, 0.6) is 0 Å². The molecular formula is C12H13FN2O2. The molecule has 1 saturated heterocycles. The van der Waals surface area contributed by atoms with Gasteiger partial charge in [-0.3, -0.25) is 9.59 Å². The fourth-order valence-electron chi connectivity index (χ4n) is 2.01. The normalized spacial score (nSPS) is 19.7. The first-order chi connectivity index (χ1) is 8.08. The van der Waals surface area contributed by atoms with Crippen LogP contribution < -0.4 is 5.73 Å². The molecule has 2 N–H and O–H groups in total. The SMILES string of the molecule is NC(=O)C1CCC(=O)N1Cc1ccc(F)cc1. The van der Waals surface area contributed by atoms with Crippen LogP contribution in [0.4, 0.5) is 4.39 Å². The molecule has 0 saturated carbocycles. The van der Waals surface area contributed by atoms with Crippen LogP contribution in [-0.4, -0.2) is 22.8 Å². The van der Waals surface area contributed by atoms with E-state index in [0.29, 0.717) is 19.4 Å². The Morgan fingerprint density at radius 2 is 2.06 bits per heavy atom. The van der Waals surface area contributed by atoms with E-state index >= 15 is 0 Å². The Kier molecular flexibility index (Phi) is 3.08. The molecule has 2 rings (SSSR count). The van der Waals surface area contributed by atoms with E-state index in [1.807, 2.05) is 0 Å². The highest BCUT2D eigenvalue weighted by molar-refractivity contribution is 5.89. The Hall–Kier alpha value is -1.91. The lowest BCUT2D eigenvalue weighted by Gasteiger charge is -2.22. The van der Waals surface area contributed by atoms with Gasteiger partial charge in [-0.15, -0.1) is 0 Å². The fraction of sp³-hybridized carbons (Fsp3) is 0.333. The molecule has 17 heavy (non-hydrogen) atoms. The van der Waals surface area contributed by atoms with Crippen molar-refractivity contribution in [1.29, 1.82) is 0 Å². The summed E-state index contributed by atoms with van der Waals surface area (Å²) in [6.07, 6.45) is 0.810. The summed E-state index contributed by atoms with van der Waals surface area (Å²) in [7, 11) is 0. The van der Waals surface area contributed by atoms with Gasteiger partial charge in [-0.2, -0.15) is 0 Å². The van der Waals surface area contributed by atoms with Gasteiger partial charge in [0.1, 0.15) is 11.9 Å². The molecule has 90 valence electrons. The molecule has 0 radical (unpaired) electrons. The minimum absolute atomic E-state index is 0.0851. The summed E-state index contributed by atoms with van der Waals surface area (Å²) < 4.78 is 12.7. The number of primary amides is 1. The van der Waals surface area contributed by atoms with Gasteiger partial charge in [0.15, 0.2) is 0 Å². The molecule has 1 fully saturated rings. The molecule has 0 aromatic heterocycles. The van der Waals surface area contributed by atoms with Gasteiger partial charge in [0.05, 0.1) is 0 Å². The molecule has 1 aromatic rings. The average Bonchev–Trinajstić information content (AvgIpc) is 2.64. The summed E-state index contributed by atoms with van der Waals surface area (Å²) in [4.78, 5) is 24.2. The monoisotopic (exact) mass is 236 g/mol. The molecule has 0 bridgehead atoms. The molecule has 1 atom stereocenters. The van der Waals surface area contributed by atoms with Crippen molar-refractivity contribution in [2.75, 3.05) is 0 Å². The molecule has 1 aliphatic heterocycles. The lowest BCUT2D eigenvalue weighted by molar-refractivity contribution is -0.134. The van der Waals surface area contributed by atoms with Crippen LogP contribution in [0.3, 0.4) is 0 Å². The number of carbonyl (C=O) groups is 2. The smallest absolute Gasteiger partial charge is 0.240 e. The van der Waals surface area contributed by atoms with Gasteiger partial charge in [-0.25, -0.2) is 4.39 Å². The summed E-state index contributed by atoms with van der Waals surface area (Å²) in [5, 5.41) is 0. The van der Waals surface area contributed by atoms with E-state index in [9.17, 15) is 14.0 Å². The van der Waals surface area contributed by atoms with Crippen LogP contribution in [0.2, 0.25) is 0 Å². The Balaban J connectivity index is 2.13. The van der Waals surface area contributed by atoms with E-state index in [4.69, 9.17) is 5.73 Å². The molecule has 0 aliphatic carbocycles. The predicted molar refractivity (Wildman–Crippen MR) is 59.2 cm³/mol. The average molecular weight is 236 g/mol. The van der Waals surface area contributed by atoms with Crippen molar-refractivity contribution in [2.24, 2.45) is 5.73 Å². The minimum atomic E-state index is -0.535. The number of hydrogen-bond donors (Lipinski definition) is 1. The highest BCUT2D eigenvalue weighted by atomic mass is 19.1. The first-order valence-electron chi connectivity index (χ1n) is 5.41. The first kappa shape index (κ1) is 11.6. The second-order valence-electron chi connectivity index (χ2n) is 4.10. The van der Waals surface area contributed by atoms with Crippen LogP contribution in [0, 0.1) is 5.82 Å². The van der Waals surface area contributed by atoms with E-state index in [1.54, 1.807) is 12.1 Å².